The van der Waals surface area contributed by atoms with E-state index in [1.165, 1.54) is 12.1 Å². The molecule has 0 unspecified atom stereocenters. The Balaban J connectivity index is 1.82. The molecule has 0 saturated carbocycles. The maximum absolute atomic E-state index is 13.2. The van der Waals surface area contributed by atoms with Crippen molar-refractivity contribution >= 4 is 27.7 Å². The number of aromatic nitrogens is 3. The van der Waals surface area contributed by atoms with Crippen molar-refractivity contribution in [2.75, 3.05) is 0 Å². The van der Waals surface area contributed by atoms with Crippen LogP contribution in [0.1, 0.15) is 12.5 Å². The number of benzene rings is 2. The molecule has 0 aliphatic rings. The van der Waals surface area contributed by atoms with Gasteiger partial charge in [-0.1, -0.05) is 64.1 Å². The van der Waals surface area contributed by atoms with Gasteiger partial charge >= 0.3 is 0 Å². The van der Waals surface area contributed by atoms with Gasteiger partial charge in [0, 0.05) is 22.3 Å². The summed E-state index contributed by atoms with van der Waals surface area (Å²) in [4.78, 5) is 0. The molecule has 0 spiro atoms. The number of rotatable bonds is 5. The van der Waals surface area contributed by atoms with Gasteiger partial charge in [0.1, 0.15) is 5.82 Å². The van der Waals surface area contributed by atoms with Crippen molar-refractivity contribution in [2.45, 2.75) is 24.4 Å². The summed E-state index contributed by atoms with van der Waals surface area (Å²) in [6, 6.07) is 14.8. The fraction of sp³-hybridized carbons (Fsp3) is 0.176. The highest BCUT2D eigenvalue weighted by atomic mass is 79.9. The van der Waals surface area contributed by atoms with Gasteiger partial charge in [-0.3, -0.25) is 0 Å². The zero-order valence-corrected chi connectivity index (χ0v) is 14.9. The summed E-state index contributed by atoms with van der Waals surface area (Å²) in [6.45, 7) is 2.87. The lowest BCUT2D eigenvalue weighted by atomic mass is 10.2. The topological polar surface area (TPSA) is 30.7 Å². The molecule has 6 heteroatoms. The van der Waals surface area contributed by atoms with Gasteiger partial charge in [0.15, 0.2) is 11.0 Å². The molecule has 118 valence electrons. The summed E-state index contributed by atoms with van der Waals surface area (Å²) in [5.41, 5.74) is 2.08. The van der Waals surface area contributed by atoms with E-state index in [0.717, 1.165) is 33.1 Å². The van der Waals surface area contributed by atoms with E-state index in [0.29, 0.717) is 5.75 Å². The van der Waals surface area contributed by atoms with E-state index in [-0.39, 0.29) is 5.82 Å². The minimum absolute atomic E-state index is 0.242. The summed E-state index contributed by atoms with van der Waals surface area (Å²) in [5, 5.41) is 9.50. The molecule has 0 N–H and O–H groups in total. The first-order chi connectivity index (χ1) is 11.2. The SMILES string of the molecule is CCn1c(SCc2ccc(F)cc2Br)nnc1-c1ccccc1. The molecule has 0 bridgehead atoms. The first kappa shape index (κ1) is 16.2. The number of nitrogens with zero attached hydrogens (tertiary/aromatic N) is 3. The molecule has 3 nitrogen and oxygen atoms in total. The molecule has 0 aliphatic heterocycles. The second kappa shape index (κ2) is 7.27. The maximum atomic E-state index is 13.2. The average molecular weight is 392 g/mol. The summed E-state index contributed by atoms with van der Waals surface area (Å²) in [5.74, 6) is 1.33. The van der Waals surface area contributed by atoms with Gasteiger partial charge < -0.3 is 4.57 Å². The van der Waals surface area contributed by atoms with Crippen LogP contribution in [0.4, 0.5) is 4.39 Å². The van der Waals surface area contributed by atoms with E-state index in [1.54, 1.807) is 17.8 Å². The number of halogens is 2. The Morgan fingerprint density at radius 1 is 1.13 bits per heavy atom. The highest BCUT2D eigenvalue weighted by Crippen LogP contribution is 2.29. The highest BCUT2D eigenvalue weighted by Gasteiger charge is 2.13. The van der Waals surface area contributed by atoms with E-state index < -0.39 is 0 Å². The Morgan fingerprint density at radius 3 is 2.61 bits per heavy atom. The second-order valence-corrected chi connectivity index (χ2v) is 6.74. The quantitative estimate of drug-likeness (QED) is 0.562. The van der Waals surface area contributed by atoms with Crippen LogP contribution in [-0.4, -0.2) is 14.8 Å². The second-order valence-electron chi connectivity index (χ2n) is 4.94. The number of thioether (sulfide) groups is 1. The third-order valence-electron chi connectivity index (χ3n) is 3.44. The Bertz CT molecular complexity index is 805. The van der Waals surface area contributed by atoms with Crippen LogP contribution in [0.15, 0.2) is 58.2 Å². The van der Waals surface area contributed by atoms with E-state index in [9.17, 15) is 4.39 Å². The molecule has 2 aromatic carbocycles. The van der Waals surface area contributed by atoms with Crippen molar-refractivity contribution in [2.24, 2.45) is 0 Å². The molecule has 0 amide bonds. The average Bonchev–Trinajstić information content (AvgIpc) is 2.98. The molecule has 23 heavy (non-hydrogen) atoms. The predicted octanol–water partition coefficient (Wildman–Crippen LogP) is 5.16. The first-order valence-corrected chi connectivity index (χ1v) is 9.02. The molecule has 0 aliphatic carbocycles. The largest absolute Gasteiger partial charge is 0.302 e. The Morgan fingerprint density at radius 2 is 1.91 bits per heavy atom. The van der Waals surface area contributed by atoms with Crippen LogP contribution in [-0.2, 0) is 12.3 Å². The molecule has 3 aromatic rings. The van der Waals surface area contributed by atoms with Crippen LogP contribution in [0.3, 0.4) is 0 Å². The van der Waals surface area contributed by atoms with Gasteiger partial charge in [-0.05, 0) is 24.6 Å². The molecule has 0 atom stereocenters. The normalized spacial score (nSPS) is 10.9. The Hall–Kier alpha value is -1.66. The molecule has 1 heterocycles. The van der Waals surface area contributed by atoms with Crippen molar-refractivity contribution in [3.63, 3.8) is 0 Å². The standard InChI is InChI=1S/C17H15BrFN3S/c1-2-22-16(12-6-4-3-5-7-12)20-21-17(22)23-11-13-8-9-14(19)10-15(13)18/h3-10H,2,11H2,1H3. The molecular formula is C17H15BrFN3S. The van der Waals surface area contributed by atoms with Gasteiger partial charge in [-0.2, -0.15) is 0 Å². The molecule has 0 radical (unpaired) electrons. The molecule has 1 aromatic heterocycles. The summed E-state index contributed by atoms with van der Waals surface area (Å²) in [6.07, 6.45) is 0. The van der Waals surface area contributed by atoms with Crippen molar-refractivity contribution in [3.05, 3.63) is 64.4 Å². The monoisotopic (exact) mass is 391 g/mol. The molecule has 0 fully saturated rings. The van der Waals surface area contributed by atoms with Crippen molar-refractivity contribution in [1.29, 1.82) is 0 Å². The summed E-state index contributed by atoms with van der Waals surface area (Å²) in [7, 11) is 0. The smallest absolute Gasteiger partial charge is 0.191 e. The Kier molecular flexibility index (Phi) is 5.13. The first-order valence-electron chi connectivity index (χ1n) is 7.24. The third kappa shape index (κ3) is 3.64. The van der Waals surface area contributed by atoms with E-state index in [2.05, 4.69) is 37.6 Å². The van der Waals surface area contributed by atoms with Crippen molar-refractivity contribution in [3.8, 4) is 11.4 Å². The van der Waals surface area contributed by atoms with Crippen LogP contribution in [0.25, 0.3) is 11.4 Å². The Labute approximate surface area is 147 Å². The molecule has 3 rings (SSSR count). The van der Waals surface area contributed by atoms with Crippen LogP contribution in [0.5, 0.6) is 0 Å². The lowest BCUT2D eigenvalue weighted by molar-refractivity contribution is 0.626. The van der Waals surface area contributed by atoms with Crippen molar-refractivity contribution < 1.29 is 4.39 Å². The predicted molar refractivity (Wildman–Crippen MR) is 94.8 cm³/mol. The van der Waals surface area contributed by atoms with Crippen LogP contribution < -0.4 is 0 Å². The van der Waals surface area contributed by atoms with E-state index in [4.69, 9.17) is 0 Å². The zero-order valence-electron chi connectivity index (χ0n) is 12.5. The lowest BCUT2D eigenvalue weighted by Gasteiger charge is -2.08. The van der Waals surface area contributed by atoms with Crippen LogP contribution >= 0.6 is 27.7 Å². The molecule has 0 saturated heterocycles. The zero-order chi connectivity index (χ0) is 16.2. The fourth-order valence-corrected chi connectivity index (χ4v) is 3.95. The van der Waals surface area contributed by atoms with Crippen molar-refractivity contribution in [1.82, 2.24) is 14.8 Å². The third-order valence-corrected chi connectivity index (χ3v) is 5.19. The fourth-order valence-electron chi connectivity index (χ4n) is 2.26. The number of hydrogen-bond acceptors (Lipinski definition) is 3. The van der Waals surface area contributed by atoms with Crippen LogP contribution in [0.2, 0.25) is 0 Å². The van der Waals surface area contributed by atoms with Gasteiger partial charge in [0.25, 0.3) is 0 Å². The highest BCUT2D eigenvalue weighted by molar-refractivity contribution is 9.10. The van der Waals surface area contributed by atoms with Gasteiger partial charge in [0.2, 0.25) is 0 Å². The minimum Gasteiger partial charge on any atom is -0.302 e. The van der Waals surface area contributed by atoms with Gasteiger partial charge in [-0.15, -0.1) is 10.2 Å². The van der Waals surface area contributed by atoms with E-state index >= 15 is 0 Å². The van der Waals surface area contributed by atoms with E-state index in [1.807, 2.05) is 30.3 Å². The maximum Gasteiger partial charge on any atom is 0.191 e. The molecular weight excluding hydrogens is 377 g/mol. The number of hydrogen-bond donors (Lipinski definition) is 0. The summed E-state index contributed by atoms with van der Waals surface area (Å²) < 4.78 is 16.0. The summed E-state index contributed by atoms with van der Waals surface area (Å²) >= 11 is 5.00. The van der Waals surface area contributed by atoms with Crippen LogP contribution in [0, 0.1) is 5.82 Å². The minimum atomic E-state index is -0.242. The van der Waals surface area contributed by atoms with Gasteiger partial charge in [0.05, 0.1) is 0 Å². The lowest BCUT2D eigenvalue weighted by Crippen LogP contribution is -2.00. The van der Waals surface area contributed by atoms with Gasteiger partial charge in [-0.25, -0.2) is 4.39 Å².